The summed E-state index contributed by atoms with van der Waals surface area (Å²) in [5.74, 6) is 2.30. The topological polar surface area (TPSA) is 47.0 Å². The van der Waals surface area contributed by atoms with E-state index in [1.165, 1.54) is 6.33 Å². The summed E-state index contributed by atoms with van der Waals surface area (Å²) in [6, 6.07) is 7.97. The molecule has 1 heterocycles. The van der Waals surface area contributed by atoms with Crippen molar-refractivity contribution < 1.29 is 4.74 Å². The van der Waals surface area contributed by atoms with Crippen LogP contribution in [0.15, 0.2) is 35.5 Å². The highest BCUT2D eigenvalue weighted by molar-refractivity contribution is 7.98. The van der Waals surface area contributed by atoms with Gasteiger partial charge < -0.3 is 10.1 Å². The van der Waals surface area contributed by atoms with Gasteiger partial charge in [0.15, 0.2) is 0 Å². The van der Waals surface area contributed by atoms with Crippen LogP contribution in [0.4, 0.5) is 5.82 Å². The van der Waals surface area contributed by atoms with Gasteiger partial charge >= 0.3 is 0 Å². The summed E-state index contributed by atoms with van der Waals surface area (Å²) < 4.78 is 6.01. The minimum absolute atomic E-state index is 0.632. The van der Waals surface area contributed by atoms with E-state index in [-0.39, 0.29) is 0 Å². The fraction of sp³-hybridized carbons (Fsp3) is 0.333. The fourth-order valence-corrected chi connectivity index (χ4v) is 2.51. The van der Waals surface area contributed by atoms with Gasteiger partial charge in [-0.15, -0.1) is 11.8 Å². The fourth-order valence-electron chi connectivity index (χ4n) is 1.98. The molecule has 20 heavy (non-hydrogen) atoms. The zero-order chi connectivity index (χ0) is 14.4. The number of nitrogens with zero attached hydrogens (tertiary/aromatic N) is 2. The highest BCUT2D eigenvalue weighted by Crippen LogP contribution is 2.33. The molecule has 0 atom stereocenters. The van der Waals surface area contributed by atoms with Crippen LogP contribution in [0.25, 0.3) is 0 Å². The molecule has 0 spiro atoms. The largest absolute Gasteiger partial charge is 0.437 e. The zero-order valence-electron chi connectivity index (χ0n) is 12.0. The maximum Gasteiger partial charge on any atom is 0.227 e. The Kier molecular flexibility index (Phi) is 5.24. The van der Waals surface area contributed by atoms with Gasteiger partial charge in [-0.05, 0) is 24.8 Å². The number of thioether (sulfide) groups is 1. The van der Waals surface area contributed by atoms with E-state index in [1.54, 1.807) is 11.8 Å². The third kappa shape index (κ3) is 3.22. The lowest BCUT2D eigenvalue weighted by Gasteiger charge is -2.14. The number of rotatable bonds is 6. The molecule has 2 aromatic rings. The van der Waals surface area contributed by atoms with Crippen molar-refractivity contribution in [2.75, 3.05) is 18.6 Å². The van der Waals surface area contributed by atoms with E-state index in [1.807, 2.05) is 37.6 Å². The van der Waals surface area contributed by atoms with Crippen LogP contribution in [0.5, 0.6) is 11.6 Å². The zero-order valence-corrected chi connectivity index (χ0v) is 12.8. The quantitative estimate of drug-likeness (QED) is 0.815. The van der Waals surface area contributed by atoms with Crippen molar-refractivity contribution in [1.82, 2.24) is 9.97 Å². The number of para-hydroxylation sites is 1. The highest BCUT2D eigenvalue weighted by Gasteiger charge is 2.13. The summed E-state index contributed by atoms with van der Waals surface area (Å²) >= 11 is 1.66. The number of ether oxygens (including phenoxy) is 1. The first-order valence-corrected chi connectivity index (χ1v) is 7.85. The third-order valence-electron chi connectivity index (χ3n) is 2.92. The molecule has 4 nitrogen and oxygen atoms in total. The van der Waals surface area contributed by atoms with E-state index in [0.717, 1.165) is 34.9 Å². The lowest BCUT2D eigenvalue weighted by molar-refractivity contribution is 0.444. The average molecular weight is 289 g/mol. The van der Waals surface area contributed by atoms with Crippen molar-refractivity contribution in [1.29, 1.82) is 0 Å². The molecule has 0 aliphatic carbocycles. The number of benzene rings is 1. The summed E-state index contributed by atoms with van der Waals surface area (Å²) in [4.78, 5) is 9.64. The van der Waals surface area contributed by atoms with Crippen LogP contribution in [0.1, 0.15) is 18.9 Å². The molecule has 5 heteroatoms. The van der Waals surface area contributed by atoms with Gasteiger partial charge in [-0.1, -0.05) is 25.5 Å². The Morgan fingerprint density at radius 1 is 1.25 bits per heavy atom. The first-order chi connectivity index (χ1) is 9.80. The first kappa shape index (κ1) is 14.7. The molecule has 0 fully saturated rings. The predicted octanol–water partition coefficient (Wildman–Crippen LogP) is 3.99. The standard InChI is InChI=1S/C15H19N3OS/c1-4-7-11-14(16-2)17-10-18-15(11)19-12-8-5-6-9-13(12)20-3/h5-6,8-10H,4,7H2,1-3H3,(H,16,17,18). The van der Waals surface area contributed by atoms with Crippen LogP contribution in [0, 0.1) is 0 Å². The smallest absolute Gasteiger partial charge is 0.227 e. The van der Waals surface area contributed by atoms with Crippen molar-refractivity contribution >= 4 is 17.6 Å². The molecule has 106 valence electrons. The number of hydrogen-bond donors (Lipinski definition) is 1. The first-order valence-electron chi connectivity index (χ1n) is 6.62. The van der Waals surface area contributed by atoms with Gasteiger partial charge in [-0.3, -0.25) is 0 Å². The second kappa shape index (κ2) is 7.14. The molecular formula is C15H19N3OS. The molecular weight excluding hydrogens is 270 g/mol. The number of anilines is 1. The van der Waals surface area contributed by atoms with E-state index < -0.39 is 0 Å². The van der Waals surface area contributed by atoms with Crippen LogP contribution in [-0.2, 0) is 6.42 Å². The second-order valence-electron chi connectivity index (χ2n) is 4.26. The monoisotopic (exact) mass is 289 g/mol. The maximum absolute atomic E-state index is 6.01. The van der Waals surface area contributed by atoms with Crippen LogP contribution in [-0.4, -0.2) is 23.3 Å². The lowest BCUT2D eigenvalue weighted by Crippen LogP contribution is -2.03. The molecule has 2 rings (SSSR count). The Balaban J connectivity index is 2.37. The van der Waals surface area contributed by atoms with E-state index in [0.29, 0.717) is 5.88 Å². The molecule has 1 aromatic carbocycles. The molecule has 1 aromatic heterocycles. The molecule has 0 bridgehead atoms. The van der Waals surface area contributed by atoms with Gasteiger partial charge in [0.25, 0.3) is 0 Å². The Morgan fingerprint density at radius 3 is 2.75 bits per heavy atom. The Bertz CT molecular complexity index is 575. The maximum atomic E-state index is 6.01. The number of nitrogens with one attached hydrogen (secondary N) is 1. The van der Waals surface area contributed by atoms with Crippen molar-refractivity contribution in [2.24, 2.45) is 0 Å². The van der Waals surface area contributed by atoms with Crippen LogP contribution in [0.3, 0.4) is 0 Å². The lowest BCUT2D eigenvalue weighted by atomic mass is 10.1. The van der Waals surface area contributed by atoms with Gasteiger partial charge in [-0.2, -0.15) is 0 Å². The van der Waals surface area contributed by atoms with Gasteiger partial charge in [0.2, 0.25) is 5.88 Å². The minimum Gasteiger partial charge on any atom is -0.437 e. The molecule has 0 unspecified atom stereocenters. The molecule has 0 amide bonds. The number of hydrogen-bond acceptors (Lipinski definition) is 5. The average Bonchev–Trinajstić information content (AvgIpc) is 2.49. The molecule has 0 radical (unpaired) electrons. The van der Waals surface area contributed by atoms with Crippen molar-refractivity contribution in [3.05, 3.63) is 36.2 Å². The van der Waals surface area contributed by atoms with Gasteiger partial charge in [-0.25, -0.2) is 9.97 Å². The van der Waals surface area contributed by atoms with Gasteiger partial charge in [0.1, 0.15) is 17.9 Å². The summed E-state index contributed by atoms with van der Waals surface area (Å²) in [6.45, 7) is 2.13. The van der Waals surface area contributed by atoms with Gasteiger partial charge in [0, 0.05) is 11.9 Å². The van der Waals surface area contributed by atoms with Crippen molar-refractivity contribution in [3.63, 3.8) is 0 Å². The molecule has 1 N–H and O–H groups in total. The van der Waals surface area contributed by atoms with Crippen molar-refractivity contribution in [3.8, 4) is 11.6 Å². The molecule has 0 aliphatic rings. The van der Waals surface area contributed by atoms with Crippen LogP contribution in [0.2, 0.25) is 0 Å². The Morgan fingerprint density at radius 2 is 2.05 bits per heavy atom. The van der Waals surface area contributed by atoms with E-state index >= 15 is 0 Å². The predicted molar refractivity (Wildman–Crippen MR) is 83.9 cm³/mol. The second-order valence-corrected chi connectivity index (χ2v) is 5.11. The SMILES string of the molecule is CCCc1c(NC)ncnc1Oc1ccccc1SC. The van der Waals surface area contributed by atoms with E-state index in [9.17, 15) is 0 Å². The third-order valence-corrected chi connectivity index (χ3v) is 3.70. The van der Waals surface area contributed by atoms with Crippen LogP contribution < -0.4 is 10.1 Å². The normalized spacial score (nSPS) is 10.3. The Hall–Kier alpha value is -1.75. The summed E-state index contributed by atoms with van der Waals surface area (Å²) in [7, 11) is 1.86. The Labute approximate surface area is 124 Å². The summed E-state index contributed by atoms with van der Waals surface area (Å²) in [6.07, 6.45) is 5.46. The summed E-state index contributed by atoms with van der Waals surface area (Å²) in [5.41, 5.74) is 1.02. The summed E-state index contributed by atoms with van der Waals surface area (Å²) in [5, 5.41) is 3.10. The van der Waals surface area contributed by atoms with Crippen LogP contribution >= 0.6 is 11.8 Å². The molecule has 0 saturated heterocycles. The minimum atomic E-state index is 0.632. The van der Waals surface area contributed by atoms with E-state index in [4.69, 9.17) is 4.74 Å². The molecule has 0 saturated carbocycles. The van der Waals surface area contributed by atoms with Gasteiger partial charge in [0.05, 0.1) is 5.56 Å². The number of aromatic nitrogens is 2. The molecule has 0 aliphatic heterocycles. The van der Waals surface area contributed by atoms with E-state index in [2.05, 4.69) is 22.2 Å². The van der Waals surface area contributed by atoms with Crippen molar-refractivity contribution in [2.45, 2.75) is 24.7 Å². The highest BCUT2D eigenvalue weighted by atomic mass is 32.2.